The largest absolute Gasteiger partial charge is 0.493 e. The van der Waals surface area contributed by atoms with Gasteiger partial charge in [0.2, 0.25) is 0 Å². The Morgan fingerprint density at radius 3 is 2.62 bits per heavy atom. The van der Waals surface area contributed by atoms with Gasteiger partial charge in [-0.15, -0.1) is 17.9 Å². The summed E-state index contributed by atoms with van der Waals surface area (Å²) in [5.74, 6) is 2.18. The van der Waals surface area contributed by atoms with Crippen molar-refractivity contribution >= 4 is 17.3 Å². The number of rotatable bonds is 8. The van der Waals surface area contributed by atoms with Crippen LogP contribution >= 0.6 is 11.3 Å². The fourth-order valence-corrected chi connectivity index (χ4v) is 3.29. The first-order valence-electron chi connectivity index (χ1n) is 8.31. The molecule has 2 N–H and O–H groups in total. The van der Waals surface area contributed by atoms with Crippen LogP contribution in [-0.2, 0) is 19.5 Å². The van der Waals surface area contributed by atoms with Gasteiger partial charge in [-0.05, 0) is 31.0 Å². The van der Waals surface area contributed by atoms with Gasteiger partial charge in [0.15, 0.2) is 17.5 Å². The lowest BCUT2D eigenvalue weighted by molar-refractivity contribution is 0.352. The molecular formula is C19H26N4O2S. The van der Waals surface area contributed by atoms with E-state index in [1.165, 1.54) is 4.88 Å². The lowest BCUT2D eigenvalue weighted by Crippen LogP contribution is -2.36. The van der Waals surface area contributed by atoms with Crippen LogP contribution in [0.2, 0.25) is 0 Å². The molecule has 0 saturated carbocycles. The summed E-state index contributed by atoms with van der Waals surface area (Å²) in [7, 11) is 5.04. The first-order valence-corrected chi connectivity index (χ1v) is 9.13. The molecule has 0 radical (unpaired) electrons. The second-order valence-electron chi connectivity index (χ2n) is 5.63. The summed E-state index contributed by atoms with van der Waals surface area (Å²) in [5.41, 5.74) is 2.12. The van der Waals surface area contributed by atoms with Gasteiger partial charge in [-0.3, -0.25) is 4.99 Å². The van der Waals surface area contributed by atoms with Crippen LogP contribution in [0.3, 0.4) is 0 Å². The number of aliphatic imine (C=N–C) groups is 1. The molecule has 0 spiro atoms. The summed E-state index contributed by atoms with van der Waals surface area (Å²) in [6, 6.07) is 4.06. The minimum absolute atomic E-state index is 0.612. The van der Waals surface area contributed by atoms with Crippen molar-refractivity contribution in [1.82, 2.24) is 15.6 Å². The number of hydrogen-bond acceptors (Lipinski definition) is 5. The van der Waals surface area contributed by atoms with Crippen molar-refractivity contribution in [3.05, 3.63) is 52.0 Å². The summed E-state index contributed by atoms with van der Waals surface area (Å²) >= 11 is 1.67. The Kier molecular flexibility index (Phi) is 7.47. The third-order valence-electron chi connectivity index (χ3n) is 3.74. The van der Waals surface area contributed by atoms with E-state index in [0.717, 1.165) is 27.8 Å². The molecule has 0 atom stereocenters. The quantitative estimate of drug-likeness (QED) is 0.422. The molecule has 0 unspecified atom stereocenters. The van der Waals surface area contributed by atoms with Crippen LogP contribution in [0.15, 0.2) is 36.0 Å². The zero-order valence-corrected chi connectivity index (χ0v) is 16.6. The number of hydrogen-bond donors (Lipinski definition) is 2. The van der Waals surface area contributed by atoms with E-state index in [1.54, 1.807) is 32.6 Å². The first-order chi connectivity index (χ1) is 12.6. The highest BCUT2D eigenvalue weighted by molar-refractivity contribution is 7.11. The molecule has 1 heterocycles. The molecule has 0 amide bonds. The lowest BCUT2D eigenvalue weighted by atomic mass is 10.1. The van der Waals surface area contributed by atoms with Crippen molar-refractivity contribution in [3.8, 4) is 11.5 Å². The molecule has 0 aliphatic heterocycles. The second-order valence-corrected chi connectivity index (χ2v) is 6.95. The molecule has 0 bridgehead atoms. The van der Waals surface area contributed by atoms with Crippen LogP contribution in [0.5, 0.6) is 11.5 Å². The lowest BCUT2D eigenvalue weighted by Gasteiger charge is -2.16. The van der Waals surface area contributed by atoms with E-state index >= 15 is 0 Å². The molecule has 1 aromatic carbocycles. The van der Waals surface area contributed by atoms with Gasteiger partial charge in [0, 0.05) is 30.2 Å². The Labute approximate surface area is 159 Å². The van der Waals surface area contributed by atoms with Gasteiger partial charge >= 0.3 is 0 Å². The van der Waals surface area contributed by atoms with Crippen molar-refractivity contribution < 1.29 is 9.47 Å². The van der Waals surface area contributed by atoms with Crippen molar-refractivity contribution in [2.75, 3.05) is 21.3 Å². The minimum Gasteiger partial charge on any atom is -0.493 e. The van der Waals surface area contributed by atoms with Gasteiger partial charge in [-0.1, -0.05) is 6.08 Å². The van der Waals surface area contributed by atoms with Crippen molar-refractivity contribution in [3.63, 3.8) is 0 Å². The third-order valence-corrected chi connectivity index (χ3v) is 4.65. The highest BCUT2D eigenvalue weighted by atomic mass is 32.1. The molecule has 0 aliphatic carbocycles. The van der Waals surface area contributed by atoms with E-state index in [1.807, 2.05) is 25.3 Å². The Balaban J connectivity index is 2.04. The zero-order chi connectivity index (χ0) is 18.9. The molecule has 2 aromatic rings. The summed E-state index contributed by atoms with van der Waals surface area (Å²) in [5, 5.41) is 7.62. The maximum atomic E-state index is 5.48. The van der Waals surface area contributed by atoms with Crippen LogP contribution < -0.4 is 20.1 Å². The molecule has 26 heavy (non-hydrogen) atoms. The summed E-state index contributed by atoms with van der Waals surface area (Å²) in [6.45, 7) is 7.12. The van der Waals surface area contributed by atoms with Crippen LogP contribution in [-0.4, -0.2) is 32.2 Å². The van der Waals surface area contributed by atoms with Gasteiger partial charge in [0.05, 0.1) is 20.8 Å². The van der Waals surface area contributed by atoms with E-state index in [0.29, 0.717) is 25.3 Å². The van der Waals surface area contributed by atoms with Gasteiger partial charge in [0.1, 0.15) is 5.01 Å². The maximum Gasteiger partial charge on any atom is 0.191 e. The Hall–Kier alpha value is -2.54. The van der Waals surface area contributed by atoms with Crippen molar-refractivity contribution in [2.24, 2.45) is 4.99 Å². The Morgan fingerprint density at radius 2 is 2.04 bits per heavy atom. The highest BCUT2D eigenvalue weighted by Crippen LogP contribution is 2.33. The summed E-state index contributed by atoms with van der Waals surface area (Å²) < 4.78 is 10.9. The molecule has 140 valence electrons. The van der Waals surface area contributed by atoms with Crippen molar-refractivity contribution in [1.29, 1.82) is 0 Å². The van der Waals surface area contributed by atoms with Crippen LogP contribution in [0.4, 0.5) is 0 Å². The van der Waals surface area contributed by atoms with Gasteiger partial charge in [0.25, 0.3) is 0 Å². The van der Waals surface area contributed by atoms with Crippen LogP contribution in [0, 0.1) is 6.92 Å². The normalized spacial score (nSPS) is 11.2. The van der Waals surface area contributed by atoms with E-state index in [-0.39, 0.29) is 0 Å². The number of nitrogens with one attached hydrogen (secondary N) is 2. The van der Waals surface area contributed by atoms with E-state index in [9.17, 15) is 0 Å². The average molecular weight is 375 g/mol. The van der Waals surface area contributed by atoms with Crippen molar-refractivity contribution in [2.45, 2.75) is 26.4 Å². The standard InChI is InChI=1S/C19H26N4O2S/c1-6-7-15-8-14(9-16(24-4)18(15)25-5)11-22-19(20-3)23-12-17-21-10-13(2)26-17/h6,8-10H,1,7,11-12H2,2-5H3,(H2,20,22,23). The molecule has 0 saturated heterocycles. The molecule has 0 fully saturated rings. The topological polar surface area (TPSA) is 67.8 Å². The predicted molar refractivity (Wildman–Crippen MR) is 107 cm³/mol. The first kappa shape index (κ1) is 19.8. The average Bonchev–Trinajstić information content (AvgIpc) is 3.07. The number of thiazole rings is 1. The number of aromatic nitrogens is 1. The maximum absolute atomic E-state index is 5.48. The molecule has 1 aromatic heterocycles. The number of ether oxygens (including phenoxy) is 2. The fourth-order valence-electron chi connectivity index (χ4n) is 2.56. The molecule has 2 rings (SSSR count). The monoisotopic (exact) mass is 374 g/mol. The Morgan fingerprint density at radius 1 is 1.27 bits per heavy atom. The number of nitrogens with zero attached hydrogens (tertiary/aromatic N) is 2. The SMILES string of the molecule is C=CCc1cc(CNC(=NC)NCc2ncc(C)s2)cc(OC)c1OC. The zero-order valence-electron chi connectivity index (χ0n) is 15.8. The summed E-state index contributed by atoms with van der Waals surface area (Å²) in [6.07, 6.45) is 4.44. The van der Waals surface area contributed by atoms with Gasteiger partial charge in [-0.25, -0.2) is 4.98 Å². The number of guanidine groups is 1. The number of methoxy groups -OCH3 is 2. The van der Waals surface area contributed by atoms with E-state index in [2.05, 4.69) is 33.3 Å². The number of allylic oxidation sites excluding steroid dienone is 1. The molecule has 6 nitrogen and oxygen atoms in total. The van der Waals surface area contributed by atoms with E-state index < -0.39 is 0 Å². The highest BCUT2D eigenvalue weighted by Gasteiger charge is 2.12. The van der Waals surface area contributed by atoms with Crippen LogP contribution in [0.1, 0.15) is 21.0 Å². The Bertz CT molecular complexity index is 771. The summed E-state index contributed by atoms with van der Waals surface area (Å²) in [4.78, 5) is 9.81. The third kappa shape index (κ3) is 5.23. The predicted octanol–water partition coefficient (Wildman–Crippen LogP) is 3.06. The fraction of sp³-hybridized carbons (Fsp3) is 0.368. The molecule has 7 heteroatoms. The van der Waals surface area contributed by atoms with E-state index in [4.69, 9.17) is 9.47 Å². The molecule has 0 aliphatic rings. The second kappa shape index (κ2) is 9.82. The van der Waals surface area contributed by atoms with Gasteiger partial charge in [-0.2, -0.15) is 0 Å². The van der Waals surface area contributed by atoms with Crippen LogP contribution in [0.25, 0.3) is 0 Å². The smallest absolute Gasteiger partial charge is 0.191 e. The molecular weight excluding hydrogens is 348 g/mol. The number of benzene rings is 1. The minimum atomic E-state index is 0.612. The number of aryl methyl sites for hydroxylation is 1. The van der Waals surface area contributed by atoms with Gasteiger partial charge < -0.3 is 20.1 Å².